The van der Waals surface area contributed by atoms with E-state index >= 15 is 0 Å². The molecule has 28 heavy (non-hydrogen) atoms. The van der Waals surface area contributed by atoms with Crippen molar-refractivity contribution in [1.29, 1.82) is 0 Å². The molecule has 3 aromatic rings. The summed E-state index contributed by atoms with van der Waals surface area (Å²) in [5, 5.41) is 7.26. The van der Waals surface area contributed by atoms with Gasteiger partial charge in [-0.1, -0.05) is 24.3 Å². The van der Waals surface area contributed by atoms with Crippen LogP contribution in [0.1, 0.15) is 28.8 Å². The second-order valence-electron chi connectivity index (χ2n) is 6.80. The van der Waals surface area contributed by atoms with Crippen LogP contribution in [0.5, 0.6) is 0 Å². The Labute approximate surface area is 169 Å². The summed E-state index contributed by atoms with van der Waals surface area (Å²) in [6.07, 6.45) is 6.20. The van der Waals surface area contributed by atoms with Crippen molar-refractivity contribution in [2.75, 3.05) is 17.7 Å². The molecule has 6 heteroatoms. The van der Waals surface area contributed by atoms with Crippen LogP contribution < -0.4 is 5.32 Å². The number of nitrogens with one attached hydrogen (secondary N) is 1. The molecule has 0 saturated carbocycles. The number of ether oxygens (including phenoxy) is 1. The molecule has 1 unspecified atom stereocenters. The molecular weight excluding hydrogens is 370 g/mol. The Morgan fingerprint density at radius 2 is 2.14 bits per heavy atom. The summed E-state index contributed by atoms with van der Waals surface area (Å²) in [7, 11) is 0. The molecule has 1 aliphatic heterocycles. The maximum atomic E-state index is 12.9. The van der Waals surface area contributed by atoms with E-state index in [0.717, 1.165) is 41.3 Å². The molecule has 1 amide bonds. The zero-order valence-corrected chi connectivity index (χ0v) is 16.4. The lowest BCUT2D eigenvalue weighted by Gasteiger charge is -2.13. The van der Waals surface area contributed by atoms with E-state index in [-0.39, 0.29) is 5.91 Å². The van der Waals surface area contributed by atoms with Gasteiger partial charge in [0.05, 0.1) is 18.2 Å². The molecule has 2 aromatic carbocycles. The molecule has 1 fully saturated rings. The molecule has 1 aromatic heterocycles. The normalized spacial score (nSPS) is 16.2. The van der Waals surface area contributed by atoms with Gasteiger partial charge in [0.15, 0.2) is 0 Å². The molecule has 1 aliphatic rings. The summed E-state index contributed by atoms with van der Waals surface area (Å²) in [6, 6.07) is 17.5. The molecule has 0 radical (unpaired) electrons. The van der Waals surface area contributed by atoms with Gasteiger partial charge in [0.25, 0.3) is 5.91 Å². The van der Waals surface area contributed by atoms with E-state index in [2.05, 4.69) is 10.4 Å². The summed E-state index contributed by atoms with van der Waals surface area (Å²) in [5.74, 6) is 0.788. The van der Waals surface area contributed by atoms with Crippen molar-refractivity contribution >= 4 is 23.4 Å². The van der Waals surface area contributed by atoms with E-state index in [4.69, 9.17) is 4.74 Å². The van der Waals surface area contributed by atoms with Gasteiger partial charge in [-0.15, -0.1) is 11.8 Å². The highest BCUT2D eigenvalue weighted by Gasteiger charge is 2.18. The summed E-state index contributed by atoms with van der Waals surface area (Å²) in [5.41, 5.74) is 2.57. The third-order valence-electron chi connectivity index (χ3n) is 4.67. The van der Waals surface area contributed by atoms with Crippen LogP contribution in [-0.2, 0) is 11.3 Å². The lowest BCUT2D eigenvalue weighted by atomic mass is 10.1. The van der Waals surface area contributed by atoms with E-state index < -0.39 is 0 Å². The fourth-order valence-electron chi connectivity index (χ4n) is 3.27. The van der Waals surface area contributed by atoms with Crippen LogP contribution in [0.15, 0.2) is 71.9 Å². The predicted molar refractivity (Wildman–Crippen MR) is 112 cm³/mol. The predicted octanol–water partition coefficient (Wildman–Crippen LogP) is 4.45. The molecular formula is C22H23N3O2S. The Bertz CT molecular complexity index is 921. The van der Waals surface area contributed by atoms with Crippen molar-refractivity contribution in [3.8, 4) is 0 Å². The molecule has 0 spiro atoms. The van der Waals surface area contributed by atoms with Crippen molar-refractivity contribution in [1.82, 2.24) is 9.78 Å². The maximum Gasteiger partial charge on any atom is 0.256 e. The number of thioether (sulfide) groups is 1. The lowest BCUT2D eigenvalue weighted by Crippen LogP contribution is -2.14. The Kier molecular flexibility index (Phi) is 6.09. The lowest BCUT2D eigenvalue weighted by molar-refractivity contribution is 0.102. The fraction of sp³-hybridized carbons (Fsp3) is 0.273. The molecule has 0 aliphatic carbocycles. The Morgan fingerprint density at radius 1 is 1.21 bits per heavy atom. The Morgan fingerprint density at radius 3 is 2.96 bits per heavy atom. The summed E-state index contributed by atoms with van der Waals surface area (Å²) >= 11 is 1.69. The maximum absolute atomic E-state index is 12.9. The highest BCUT2D eigenvalue weighted by molar-refractivity contribution is 7.99. The van der Waals surface area contributed by atoms with Crippen molar-refractivity contribution in [2.24, 2.45) is 0 Å². The average Bonchev–Trinajstić information content (AvgIpc) is 3.41. The van der Waals surface area contributed by atoms with E-state index in [0.29, 0.717) is 18.2 Å². The number of nitrogens with zero attached hydrogens (tertiary/aromatic N) is 2. The van der Waals surface area contributed by atoms with Crippen LogP contribution in [0, 0.1) is 0 Å². The van der Waals surface area contributed by atoms with E-state index in [1.165, 1.54) is 0 Å². The second-order valence-corrected chi connectivity index (χ2v) is 7.86. The van der Waals surface area contributed by atoms with Gasteiger partial charge in [0.2, 0.25) is 0 Å². The molecule has 1 N–H and O–H groups in total. The summed E-state index contributed by atoms with van der Waals surface area (Å²) < 4.78 is 7.56. The van der Waals surface area contributed by atoms with Gasteiger partial charge >= 0.3 is 0 Å². The Hall–Kier alpha value is -2.57. The molecule has 0 bridgehead atoms. The average molecular weight is 394 g/mol. The number of aromatic nitrogens is 2. The number of amides is 1. The molecule has 144 valence electrons. The first kappa shape index (κ1) is 18.8. The van der Waals surface area contributed by atoms with Crippen LogP contribution >= 0.6 is 11.8 Å². The van der Waals surface area contributed by atoms with Gasteiger partial charge < -0.3 is 10.1 Å². The summed E-state index contributed by atoms with van der Waals surface area (Å²) in [4.78, 5) is 13.9. The highest BCUT2D eigenvalue weighted by atomic mass is 32.2. The monoisotopic (exact) mass is 393 g/mol. The number of benzene rings is 2. The number of hydrogen-bond acceptors (Lipinski definition) is 4. The first-order chi connectivity index (χ1) is 13.8. The zero-order chi connectivity index (χ0) is 19.2. The zero-order valence-electron chi connectivity index (χ0n) is 15.6. The van der Waals surface area contributed by atoms with Crippen molar-refractivity contribution in [3.63, 3.8) is 0 Å². The topological polar surface area (TPSA) is 56.2 Å². The SMILES string of the molecule is O=C(Nc1cccc(Cn2cccn2)c1)c1ccccc1SCC1CCCO1. The van der Waals surface area contributed by atoms with Crippen LogP contribution in [0.25, 0.3) is 0 Å². The Balaban J connectivity index is 1.43. The first-order valence-corrected chi connectivity index (χ1v) is 10.5. The van der Waals surface area contributed by atoms with Gasteiger partial charge in [-0.2, -0.15) is 5.10 Å². The van der Waals surface area contributed by atoms with Crippen LogP contribution in [0.4, 0.5) is 5.69 Å². The third-order valence-corrected chi connectivity index (χ3v) is 5.87. The number of rotatable bonds is 7. The van der Waals surface area contributed by atoms with Gasteiger partial charge in [-0.25, -0.2) is 0 Å². The quantitative estimate of drug-likeness (QED) is 0.603. The van der Waals surface area contributed by atoms with Gasteiger partial charge in [-0.05, 0) is 48.7 Å². The van der Waals surface area contributed by atoms with Crippen LogP contribution in [0.3, 0.4) is 0 Å². The van der Waals surface area contributed by atoms with Gasteiger partial charge in [0, 0.05) is 35.3 Å². The standard InChI is InChI=1S/C22H23N3O2S/c26-22(20-9-1-2-10-21(20)28-16-19-8-4-13-27-19)24-18-7-3-6-17(14-18)15-25-12-5-11-23-25/h1-3,5-7,9-12,14,19H,4,8,13,15-16H2,(H,24,26). The van der Waals surface area contributed by atoms with Gasteiger partial charge in [0.1, 0.15) is 0 Å². The van der Waals surface area contributed by atoms with Gasteiger partial charge in [-0.3, -0.25) is 9.48 Å². The second kappa shape index (κ2) is 9.08. The minimum absolute atomic E-state index is 0.0910. The number of hydrogen-bond donors (Lipinski definition) is 1. The minimum Gasteiger partial charge on any atom is -0.377 e. The van der Waals surface area contributed by atoms with Crippen LogP contribution in [-0.4, -0.2) is 34.2 Å². The van der Waals surface area contributed by atoms with Crippen molar-refractivity contribution in [2.45, 2.75) is 30.4 Å². The van der Waals surface area contributed by atoms with E-state index in [9.17, 15) is 4.79 Å². The van der Waals surface area contributed by atoms with E-state index in [1.807, 2.05) is 65.5 Å². The first-order valence-electron chi connectivity index (χ1n) is 9.49. The van der Waals surface area contributed by atoms with Crippen LogP contribution in [0.2, 0.25) is 0 Å². The largest absolute Gasteiger partial charge is 0.377 e. The minimum atomic E-state index is -0.0910. The number of carbonyl (C=O) groups excluding carboxylic acids is 1. The molecule has 1 atom stereocenters. The molecule has 4 rings (SSSR count). The number of carbonyl (C=O) groups is 1. The van der Waals surface area contributed by atoms with Crippen molar-refractivity contribution < 1.29 is 9.53 Å². The molecule has 2 heterocycles. The molecule has 1 saturated heterocycles. The highest BCUT2D eigenvalue weighted by Crippen LogP contribution is 2.27. The number of anilines is 1. The third kappa shape index (κ3) is 4.82. The van der Waals surface area contributed by atoms with E-state index in [1.54, 1.807) is 18.0 Å². The molecule has 5 nitrogen and oxygen atoms in total. The fourth-order valence-corrected chi connectivity index (χ4v) is 4.38. The smallest absolute Gasteiger partial charge is 0.256 e. The van der Waals surface area contributed by atoms with Crippen molar-refractivity contribution in [3.05, 3.63) is 78.1 Å². The summed E-state index contributed by atoms with van der Waals surface area (Å²) in [6.45, 7) is 1.52.